The molecule has 1 aromatic carbocycles. The number of carbonyl (C=O) groups excluding carboxylic acids is 3. The van der Waals surface area contributed by atoms with Crippen molar-refractivity contribution in [1.82, 2.24) is 10.2 Å². The van der Waals surface area contributed by atoms with Crippen LogP contribution >= 0.6 is 15.9 Å². The third kappa shape index (κ3) is 4.46. The van der Waals surface area contributed by atoms with Gasteiger partial charge in [0.1, 0.15) is 6.04 Å². The molecule has 1 aromatic rings. The molecule has 1 heterocycles. The van der Waals surface area contributed by atoms with E-state index in [0.29, 0.717) is 34.6 Å². The van der Waals surface area contributed by atoms with Gasteiger partial charge in [-0.25, -0.2) is 0 Å². The molecule has 142 valence electrons. The molecule has 9 heteroatoms. The predicted molar refractivity (Wildman–Crippen MR) is 96.1 cm³/mol. The Morgan fingerprint density at radius 2 is 1.88 bits per heavy atom. The molecule has 0 bridgehead atoms. The van der Waals surface area contributed by atoms with Crippen molar-refractivity contribution in [2.24, 2.45) is 0 Å². The fraction of sp³-hybridized carbons (Fsp3) is 0.471. The van der Waals surface area contributed by atoms with Crippen molar-refractivity contribution in [3.63, 3.8) is 0 Å². The molecule has 0 aromatic heterocycles. The molecule has 1 saturated heterocycles. The van der Waals surface area contributed by atoms with Crippen LogP contribution in [-0.2, 0) is 25.5 Å². The molecule has 1 aliphatic heterocycles. The molecule has 0 unspecified atom stereocenters. The third-order valence-electron chi connectivity index (χ3n) is 4.13. The number of methoxy groups -OCH3 is 3. The molecule has 0 saturated carbocycles. The first-order chi connectivity index (χ1) is 12.4. The van der Waals surface area contributed by atoms with Gasteiger partial charge in [-0.05, 0) is 17.7 Å². The van der Waals surface area contributed by atoms with Crippen LogP contribution in [0.25, 0.3) is 0 Å². The van der Waals surface area contributed by atoms with Crippen molar-refractivity contribution in [2.75, 3.05) is 34.4 Å². The highest BCUT2D eigenvalue weighted by molar-refractivity contribution is 9.10. The molecular formula is C17H21BrN2O6. The number of nitrogens with zero attached hydrogens (tertiary/aromatic N) is 1. The van der Waals surface area contributed by atoms with E-state index in [1.807, 2.05) is 0 Å². The van der Waals surface area contributed by atoms with Crippen molar-refractivity contribution in [3.8, 4) is 11.5 Å². The summed E-state index contributed by atoms with van der Waals surface area (Å²) >= 11 is 3.42. The van der Waals surface area contributed by atoms with Gasteiger partial charge in [0.25, 0.3) is 0 Å². The molecular weight excluding hydrogens is 408 g/mol. The summed E-state index contributed by atoms with van der Waals surface area (Å²) < 4.78 is 15.8. The zero-order valence-corrected chi connectivity index (χ0v) is 16.4. The summed E-state index contributed by atoms with van der Waals surface area (Å²) in [5.41, 5.74) is 0.690. The Kier molecular flexibility index (Phi) is 6.84. The van der Waals surface area contributed by atoms with Gasteiger partial charge in [-0.2, -0.15) is 0 Å². The second kappa shape index (κ2) is 8.88. The molecule has 1 N–H and O–H groups in total. The molecule has 8 nitrogen and oxygen atoms in total. The number of carbonyl (C=O) groups is 3. The lowest BCUT2D eigenvalue weighted by Gasteiger charge is -2.34. The molecule has 0 radical (unpaired) electrons. The van der Waals surface area contributed by atoms with E-state index in [-0.39, 0.29) is 24.7 Å². The van der Waals surface area contributed by atoms with Crippen molar-refractivity contribution >= 4 is 33.7 Å². The summed E-state index contributed by atoms with van der Waals surface area (Å²) in [6.45, 7) is 0.673. The van der Waals surface area contributed by atoms with Crippen LogP contribution < -0.4 is 14.8 Å². The van der Waals surface area contributed by atoms with E-state index in [2.05, 4.69) is 26.0 Å². The Bertz CT molecular complexity index is 709. The van der Waals surface area contributed by atoms with Crippen molar-refractivity contribution < 1.29 is 28.6 Å². The zero-order chi connectivity index (χ0) is 19.3. The van der Waals surface area contributed by atoms with Gasteiger partial charge in [-0.15, -0.1) is 0 Å². The van der Waals surface area contributed by atoms with E-state index in [1.165, 1.54) is 26.2 Å². The maximum absolute atomic E-state index is 12.8. The first kappa shape index (κ1) is 20.0. The number of halogens is 1. The topological polar surface area (TPSA) is 94.2 Å². The van der Waals surface area contributed by atoms with Gasteiger partial charge in [0, 0.05) is 17.6 Å². The van der Waals surface area contributed by atoms with Crippen LogP contribution in [0.15, 0.2) is 16.6 Å². The Balaban J connectivity index is 2.21. The maximum Gasteiger partial charge on any atom is 0.308 e. The van der Waals surface area contributed by atoms with Crippen LogP contribution in [-0.4, -0.2) is 63.1 Å². The molecule has 1 aliphatic rings. The van der Waals surface area contributed by atoms with Gasteiger partial charge in [0.15, 0.2) is 11.5 Å². The summed E-state index contributed by atoms with van der Waals surface area (Å²) in [5, 5.41) is 2.67. The summed E-state index contributed by atoms with van der Waals surface area (Å²) in [6.07, 6.45) is -0.132. The van der Waals surface area contributed by atoms with Crippen molar-refractivity contribution in [3.05, 3.63) is 22.2 Å². The summed E-state index contributed by atoms with van der Waals surface area (Å²) in [6, 6.07) is 2.55. The second-order valence-corrected chi connectivity index (χ2v) is 6.50. The summed E-state index contributed by atoms with van der Waals surface area (Å²) in [7, 11) is 4.29. The number of esters is 1. The lowest BCUT2D eigenvalue weighted by Crippen LogP contribution is -2.58. The molecule has 26 heavy (non-hydrogen) atoms. The van der Waals surface area contributed by atoms with E-state index >= 15 is 0 Å². The molecule has 1 fully saturated rings. The second-order valence-electron chi connectivity index (χ2n) is 5.65. The SMILES string of the molecule is COC(=O)C[C@@H]1C(=O)NCCN1C(=O)Cc1cc(OC)c(OC)cc1Br. The molecule has 2 rings (SSSR count). The Labute approximate surface area is 159 Å². The fourth-order valence-electron chi connectivity index (χ4n) is 2.75. The van der Waals surface area contributed by atoms with Gasteiger partial charge in [0.2, 0.25) is 11.8 Å². The van der Waals surface area contributed by atoms with Crippen LogP contribution in [0.4, 0.5) is 0 Å². The minimum absolute atomic E-state index is 0.0475. The highest BCUT2D eigenvalue weighted by atomic mass is 79.9. The standard InChI is InChI=1S/C17H21BrN2O6/c1-24-13-6-10(11(18)8-14(13)25-2)7-15(21)20-5-4-19-17(23)12(20)9-16(22)26-3/h6,8,12H,4-5,7,9H2,1-3H3,(H,19,23)/t12-/m1/s1. The van der Waals surface area contributed by atoms with Gasteiger partial charge >= 0.3 is 5.97 Å². The van der Waals surface area contributed by atoms with Crippen LogP contribution in [0.1, 0.15) is 12.0 Å². The van der Waals surface area contributed by atoms with Gasteiger partial charge in [0.05, 0.1) is 34.2 Å². The van der Waals surface area contributed by atoms with E-state index in [4.69, 9.17) is 9.47 Å². The van der Waals surface area contributed by atoms with Gasteiger partial charge < -0.3 is 24.4 Å². The largest absolute Gasteiger partial charge is 0.493 e. The molecule has 0 spiro atoms. The van der Waals surface area contributed by atoms with E-state index < -0.39 is 12.0 Å². The number of hydrogen-bond acceptors (Lipinski definition) is 6. The minimum Gasteiger partial charge on any atom is -0.493 e. The van der Waals surface area contributed by atoms with Crippen molar-refractivity contribution in [1.29, 1.82) is 0 Å². The quantitative estimate of drug-likeness (QED) is 0.676. The third-order valence-corrected chi connectivity index (χ3v) is 4.87. The van der Waals surface area contributed by atoms with Crippen LogP contribution in [0.2, 0.25) is 0 Å². The van der Waals surface area contributed by atoms with Crippen LogP contribution in [0.5, 0.6) is 11.5 Å². The molecule has 0 aliphatic carbocycles. The van der Waals surface area contributed by atoms with Crippen LogP contribution in [0.3, 0.4) is 0 Å². The average molecular weight is 429 g/mol. The first-order valence-electron chi connectivity index (χ1n) is 7.95. The highest BCUT2D eigenvalue weighted by Crippen LogP contribution is 2.33. The number of ether oxygens (including phenoxy) is 3. The number of benzene rings is 1. The number of piperazine rings is 1. The number of nitrogens with one attached hydrogen (secondary N) is 1. The van der Waals surface area contributed by atoms with E-state index in [1.54, 1.807) is 12.1 Å². The molecule has 2 amide bonds. The lowest BCUT2D eigenvalue weighted by molar-refractivity contribution is -0.150. The Morgan fingerprint density at radius 3 is 2.50 bits per heavy atom. The monoisotopic (exact) mass is 428 g/mol. The summed E-state index contributed by atoms with van der Waals surface area (Å²) in [4.78, 5) is 37.9. The van der Waals surface area contributed by atoms with Gasteiger partial charge in [-0.1, -0.05) is 15.9 Å². The number of hydrogen-bond donors (Lipinski definition) is 1. The smallest absolute Gasteiger partial charge is 0.308 e. The average Bonchev–Trinajstić information content (AvgIpc) is 2.64. The first-order valence-corrected chi connectivity index (χ1v) is 8.75. The Hall–Kier alpha value is -2.29. The van der Waals surface area contributed by atoms with Crippen molar-refractivity contribution in [2.45, 2.75) is 18.9 Å². The Morgan fingerprint density at radius 1 is 1.23 bits per heavy atom. The predicted octanol–water partition coefficient (Wildman–Crippen LogP) is 0.899. The normalized spacial score (nSPS) is 16.7. The lowest BCUT2D eigenvalue weighted by atomic mass is 10.1. The highest BCUT2D eigenvalue weighted by Gasteiger charge is 2.35. The molecule has 1 atom stereocenters. The number of amides is 2. The van der Waals surface area contributed by atoms with E-state index in [9.17, 15) is 14.4 Å². The minimum atomic E-state index is -0.873. The van der Waals surface area contributed by atoms with Crippen LogP contribution in [0, 0.1) is 0 Å². The zero-order valence-electron chi connectivity index (χ0n) is 14.8. The van der Waals surface area contributed by atoms with E-state index in [0.717, 1.165) is 0 Å². The maximum atomic E-state index is 12.8. The number of rotatable bonds is 6. The van der Waals surface area contributed by atoms with Gasteiger partial charge in [-0.3, -0.25) is 14.4 Å². The fourth-order valence-corrected chi connectivity index (χ4v) is 3.22. The summed E-state index contributed by atoms with van der Waals surface area (Å²) in [5.74, 6) is -0.127.